The summed E-state index contributed by atoms with van der Waals surface area (Å²) in [5.41, 5.74) is 0. The molecule has 0 radical (unpaired) electrons. The summed E-state index contributed by atoms with van der Waals surface area (Å²) in [6, 6.07) is -0.842. The average Bonchev–Trinajstić information content (AvgIpc) is 2.65. The Kier molecular flexibility index (Phi) is 4.92. The van der Waals surface area contributed by atoms with E-state index < -0.39 is 12.0 Å². The van der Waals surface area contributed by atoms with E-state index in [1.165, 1.54) is 4.90 Å². The quantitative estimate of drug-likeness (QED) is 0.776. The van der Waals surface area contributed by atoms with Crippen LogP contribution in [0, 0.1) is 0 Å². The minimum absolute atomic E-state index is 0.0672. The summed E-state index contributed by atoms with van der Waals surface area (Å²) in [5.74, 6) is -0.0812. The lowest BCUT2D eigenvalue weighted by Crippen LogP contribution is -2.48. The molecule has 0 saturated carbocycles. The fourth-order valence-electron chi connectivity index (χ4n) is 1.85. The number of carbonyl (C=O) groups excluding carboxylic acids is 1. The number of thioether (sulfide) groups is 1. The Hall–Kier alpha value is -0.910. The molecule has 0 bridgehead atoms. The van der Waals surface area contributed by atoms with Crippen LogP contribution >= 0.6 is 11.8 Å². The minimum atomic E-state index is -0.912. The van der Waals surface area contributed by atoms with Crippen molar-refractivity contribution in [1.82, 2.24) is 10.2 Å². The normalized spacial score (nSPS) is 21.9. The maximum absolute atomic E-state index is 11.8. The van der Waals surface area contributed by atoms with Crippen LogP contribution in [-0.2, 0) is 4.79 Å². The standard InChI is InChI=1S/C10H18N2O3S/c1-7(6-16-2)11-10(15)12-5-3-4-8(12)9(13)14/h7-8H,3-6H2,1-2H3,(H,11,15)(H,13,14). The van der Waals surface area contributed by atoms with Crippen LogP contribution in [0.4, 0.5) is 4.79 Å². The number of carboxylic acid groups (broad SMARTS) is 1. The van der Waals surface area contributed by atoms with E-state index in [4.69, 9.17) is 5.11 Å². The molecule has 0 aliphatic carbocycles. The topological polar surface area (TPSA) is 69.6 Å². The van der Waals surface area contributed by atoms with Crippen LogP contribution in [0.25, 0.3) is 0 Å². The Morgan fingerprint density at radius 2 is 2.31 bits per heavy atom. The van der Waals surface area contributed by atoms with Gasteiger partial charge in [-0.05, 0) is 26.0 Å². The third-order valence-electron chi connectivity index (χ3n) is 2.59. The SMILES string of the molecule is CSCC(C)NC(=O)N1CCCC1C(=O)O. The molecular formula is C10H18N2O3S. The summed E-state index contributed by atoms with van der Waals surface area (Å²) < 4.78 is 0. The number of carboxylic acids is 1. The Morgan fingerprint density at radius 3 is 2.88 bits per heavy atom. The number of hydrogen-bond acceptors (Lipinski definition) is 3. The van der Waals surface area contributed by atoms with Crippen molar-refractivity contribution in [1.29, 1.82) is 0 Å². The van der Waals surface area contributed by atoms with E-state index in [0.29, 0.717) is 13.0 Å². The number of rotatable bonds is 4. The molecule has 0 aromatic heterocycles. The Morgan fingerprint density at radius 1 is 1.62 bits per heavy atom. The molecule has 0 aromatic rings. The highest BCUT2D eigenvalue weighted by Crippen LogP contribution is 2.17. The number of hydrogen-bond donors (Lipinski definition) is 2. The van der Waals surface area contributed by atoms with Crippen molar-refractivity contribution in [2.45, 2.75) is 31.8 Å². The fraction of sp³-hybridized carbons (Fsp3) is 0.800. The molecule has 0 aromatic carbocycles. The fourth-order valence-corrected chi connectivity index (χ4v) is 2.44. The van der Waals surface area contributed by atoms with Gasteiger partial charge in [-0.3, -0.25) is 0 Å². The zero-order valence-electron chi connectivity index (χ0n) is 9.60. The average molecular weight is 246 g/mol. The van der Waals surface area contributed by atoms with Gasteiger partial charge in [0, 0.05) is 18.3 Å². The van der Waals surface area contributed by atoms with Gasteiger partial charge in [-0.15, -0.1) is 0 Å². The van der Waals surface area contributed by atoms with Gasteiger partial charge in [0.25, 0.3) is 0 Å². The van der Waals surface area contributed by atoms with Crippen molar-refractivity contribution in [3.63, 3.8) is 0 Å². The van der Waals surface area contributed by atoms with Gasteiger partial charge in [-0.25, -0.2) is 9.59 Å². The van der Waals surface area contributed by atoms with Crippen LogP contribution in [0.5, 0.6) is 0 Å². The molecule has 2 N–H and O–H groups in total. The maximum atomic E-state index is 11.8. The van der Waals surface area contributed by atoms with Crippen LogP contribution in [0.3, 0.4) is 0 Å². The number of amides is 2. The molecule has 92 valence electrons. The van der Waals surface area contributed by atoms with Crippen molar-refractivity contribution < 1.29 is 14.7 Å². The smallest absolute Gasteiger partial charge is 0.326 e. The highest BCUT2D eigenvalue weighted by Gasteiger charge is 2.34. The van der Waals surface area contributed by atoms with Crippen LogP contribution < -0.4 is 5.32 Å². The third kappa shape index (κ3) is 3.30. The lowest BCUT2D eigenvalue weighted by Gasteiger charge is -2.24. The third-order valence-corrected chi connectivity index (χ3v) is 3.42. The van der Waals surface area contributed by atoms with Crippen LogP contribution in [0.1, 0.15) is 19.8 Å². The predicted octanol–water partition coefficient (Wildman–Crippen LogP) is 0.996. The molecule has 16 heavy (non-hydrogen) atoms. The van der Waals surface area contributed by atoms with E-state index in [1.807, 2.05) is 13.2 Å². The number of likely N-dealkylation sites (tertiary alicyclic amines) is 1. The molecular weight excluding hydrogens is 228 g/mol. The van der Waals surface area contributed by atoms with Crippen LogP contribution in [-0.4, -0.2) is 52.6 Å². The summed E-state index contributed by atoms with van der Waals surface area (Å²) >= 11 is 1.65. The maximum Gasteiger partial charge on any atom is 0.326 e. The first-order valence-electron chi connectivity index (χ1n) is 5.35. The number of carbonyl (C=O) groups is 2. The van der Waals surface area contributed by atoms with Gasteiger partial charge in [0.2, 0.25) is 0 Å². The van der Waals surface area contributed by atoms with E-state index in [2.05, 4.69) is 5.32 Å². The van der Waals surface area contributed by atoms with Gasteiger partial charge in [-0.2, -0.15) is 11.8 Å². The highest BCUT2D eigenvalue weighted by molar-refractivity contribution is 7.98. The Labute approximate surface area is 99.6 Å². The molecule has 1 aliphatic heterocycles. The molecule has 2 amide bonds. The van der Waals surface area contributed by atoms with Crippen molar-refractivity contribution >= 4 is 23.8 Å². The van der Waals surface area contributed by atoms with E-state index in [-0.39, 0.29) is 12.1 Å². The van der Waals surface area contributed by atoms with Gasteiger partial charge in [0.05, 0.1) is 0 Å². The molecule has 5 nitrogen and oxygen atoms in total. The molecule has 2 unspecified atom stereocenters. The number of nitrogens with one attached hydrogen (secondary N) is 1. The van der Waals surface area contributed by atoms with E-state index in [1.54, 1.807) is 11.8 Å². The summed E-state index contributed by atoms with van der Waals surface area (Å²) in [4.78, 5) is 24.1. The molecule has 1 saturated heterocycles. The van der Waals surface area contributed by atoms with Crippen molar-refractivity contribution in [2.24, 2.45) is 0 Å². The molecule has 6 heteroatoms. The second-order valence-corrected chi connectivity index (χ2v) is 4.91. The summed E-state index contributed by atoms with van der Waals surface area (Å²) in [7, 11) is 0. The largest absolute Gasteiger partial charge is 0.480 e. The van der Waals surface area contributed by atoms with Crippen molar-refractivity contribution in [2.75, 3.05) is 18.6 Å². The van der Waals surface area contributed by atoms with Gasteiger partial charge in [0.1, 0.15) is 6.04 Å². The van der Waals surface area contributed by atoms with Gasteiger partial charge in [-0.1, -0.05) is 0 Å². The molecule has 1 aliphatic rings. The van der Waals surface area contributed by atoms with Crippen molar-refractivity contribution in [3.05, 3.63) is 0 Å². The molecule has 1 rings (SSSR count). The zero-order valence-corrected chi connectivity index (χ0v) is 10.4. The second-order valence-electron chi connectivity index (χ2n) is 4.00. The van der Waals surface area contributed by atoms with E-state index in [9.17, 15) is 9.59 Å². The Balaban J connectivity index is 2.49. The first kappa shape index (κ1) is 13.2. The minimum Gasteiger partial charge on any atom is -0.480 e. The Bertz CT molecular complexity index is 273. The monoisotopic (exact) mass is 246 g/mol. The highest BCUT2D eigenvalue weighted by atomic mass is 32.2. The van der Waals surface area contributed by atoms with Gasteiger partial charge in [0.15, 0.2) is 0 Å². The molecule has 1 fully saturated rings. The lowest BCUT2D eigenvalue weighted by atomic mass is 10.2. The lowest BCUT2D eigenvalue weighted by molar-refractivity contribution is -0.141. The number of aliphatic carboxylic acids is 1. The van der Waals surface area contributed by atoms with Gasteiger partial charge < -0.3 is 15.3 Å². The first-order valence-corrected chi connectivity index (χ1v) is 6.74. The van der Waals surface area contributed by atoms with Crippen molar-refractivity contribution in [3.8, 4) is 0 Å². The van der Waals surface area contributed by atoms with Crippen LogP contribution in [0.15, 0.2) is 0 Å². The number of urea groups is 1. The summed E-state index contributed by atoms with van der Waals surface area (Å²) in [6.45, 7) is 2.45. The first-order chi connectivity index (χ1) is 7.56. The summed E-state index contributed by atoms with van der Waals surface area (Å²) in [5, 5.41) is 11.8. The van der Waals surface area contributed by atoms with E-state index in [0.717, 1.165) is 12.2 Å². The molecule has 2 atom stereocenters. The molecule has 0 spiro atoms. The summed E-state index contributed by atoms with van der Waals surface area (Å²) in [6.07, 6.45) is 3.29. The second kappa shape index (κ2) is 5.98. The van der Waals surface area contributed by atoms with Crippen LogP contribution in [0.2, 0.25) is 0 Å². The predicted molar refractivity (Wildman–Crippen MR) is 63.7 cm³/mol. The van der Waals surface area contributed by atoms with E-state index >= 15 is 0 Å². The number of nitrogens with zero attached hydrogens (tertiary/aromatic N) is 1. The zero-order chi connectivity index (χ0) is 12.1. The van der Waals surface area contributed by atoms with Gasteiger partial charge >= 0.3 is 12.0 Å². The molecule has 1 heterocycles.